The van der Waals surface area contributed by atoms with Crippen LogP contribution < -0.4 is 0 Å². The largest absolute Gasteiger partial charge is 0.507 e. The Balaban J connectivity index is 1.96. The van der Waals surface area contributed by atoms with Crippen molar-refractivity contribution in [3.05, 3.63) is 95.7 Å². The SMILES string of the molecule is Cc1ccc(-c2nc3c(c(C)nn3-c3ccccc3)c(-c3ccccc3O)c2C#N)cc1. The number of phenolic OH excluding ortho intramolecular Hbond substituents is 1. The Hall–Kier alpha value is -4.43. The molecule has 0 amide bonds. The van der Waals surface area contributed by atoms with E-state index in [-0.39, 0.29) is 5.75 Å². The van der Waals surface area contributed by atoms with Gasteiger partial charge >= 0.3 is 0 Å². The molecule has 0 saturated carbocycles. The van der Waals surface area contributed by atoms with Crippen molar-refractivity contribution in [1.82, 2.24) is 14.8 Å². The molecule has 0 saturated heterocycles. The molecule has 5 aromatic rings. The lowest BCUT2D eigenvalue weighted by molar-refractivity contribution is 0.477. The second-order valence-electron chi connectivity index (χ2n) is 7.74. The number of phenols is 1. The van der Waals surface area contributed by atoms with Gasteiger partial charge in [0.25, 0.3) is 0 Å². The third-order valence-electron chi connectivity index (χ3n) is 5.60. The number of nitriles is 1. The Morgan fingerprint density at radius 1 is 0.875 bits per heavy atom. The van der Waals surface area contributed by atoms with Gasteiger partial charge in [-0.3, -0.25) is 0 Å². The molecule has 0 aliphatic carbocycles. The minimum Gasteiger partial charge on any atom is -0.507 e. The van der Waals surface area contributed by atoms with E-state index in [1.807, 2.05) is 80.6 Å². The van der Waals surface area contributed by atoms with E-state index in [1.165, 1.54) is 0 Å². The molecule has 2 aromatic heterocycles. The molecule has 0 spiro atoms. The third kappa shape index (κ3) is 3.10. The van der Waals surface area contributed by atoms with Crippen LogP contribution in [0.4, 0.5) is 0 Å². The maximum Gasteiger partial charge on any atom is 0.164 e. The molecule has 0 aliphatic heterocycles. The van der Waals surface area contributed by atoms with Crippen molar-refractivity contribution >= 4 is 11.0 Å². The highest BCUT2D eigenvalue weighted by molar-refractivity contribution is 6.02. The van der Waals surface area contributed by atoms with Crippen molar-refractivity contribution in [3.63, 3.8) is 0 Å². The van der Waals surface area contributed by atoms with Crippen LogP contribution in [0.1, 0.15) is 16.8 Å². The molecule has 1 N–H and O–H groups in total. The van der Waals surface area contributed by atoms with Gasteiger partial charge in [0.2, 0.25) is 0 Å². The smallest absolute Gasteiger partial charge is 0.164 e. The summed E-state index contributed by atoms with van der Waals surface area (Å²) in [6, 6.07) is 27.2. The molecule has 0 radical (unpaired) electrons. The standard InChI is InChI=1S/C27H20N4O/c1-17-12-14-19(15-13-17)26-22(16-28)25(21-10-6-7-11-23(21)32)24-18(2)30-31(27(24)29-26)20-8-4-3-5-9-20/h3-15,32H,1-2H3. The fourth-order valence-corrected chi connectivity index (χ4v) is 4.05. The van der Waals surface area contributed by atoms with Gasteiger partial charge in [-0.25, -0.2) is 9.67 Å². The summed E-state index contributed by atoms with van der Waals surface area (Å²) in [7, 11) is 0. The zero-order valence-electron chi connectivity index (χ0n) is 17.7. The zero-order chi connectivity index (χ0) is 22.2. The number of aromatic nitrogens is 3. The van der Waals surface area contributed by atoms with Gasteiger partial charge < -0.3 is 5.11 Å². The summed E-state index contributed by atoms with van der Waals surface area (Å²) < 4.78 is 1.80. The summed E-state index contributed by atoms with van der Waals surface area (Å²) in [4.78, 5) is 4.96. The van der Waals surface area contributed by atoms with Gasteiger partial charge in [-0.1, -0.05) is 66.2 Å². The van der Waals surface area contributed by atoms with Gasteiger partial charge in [0.1, 0.15) is 11.8 Å². The van der Waals surface area contributed by atoms with E-state index in [0.29, 0.717) is 28.0 Å². The van der Waals surface area contributed by atoms with Gasteiger partial charge in [0, 0.05) is 16.7 Å². The molecular weight excluding hydrogens is 396 g/mol. The number of aryl methyl sites for hydroxylation is 2. The summed E-state index contributed by atoms with van der Waals surface area (Å²) >= 11 is 0. The number of pyridine rings is 1. The number of rotatable bonds is 3. The lowest BCUT2D eigenvalue weighted by atomic mass is 9.92. The third-order valence-corrected chi connectivity index (χ3v) is 5.60. The van der Waals surface area contributed by atoms with Crippen LogP contribution in [0, 0.1) is 25.2 Å². The minimum atomic E-state index is 0.109. The average Bonchev–Trinajstić information content (AvgIpc) is 3.15. The van der Waals surface area contributed by atoms with E-state index in [2.05, 4.69) is 6.07 Å². The maximum atomic E-state index is 10.7. The Morgan fingerprint density at radius 3 is 2.25 bits per heavy atom. The van der Waals surface area contributed by atoms with Crippen LogP contribution in [-0.2, 0) is 0 Å². The highest BCUT2D eigenvalue weighted by atomic mass is 16.3. The van der Waals surface area contributed by atoms with E-state index in [1.54, 1.807) is 16.8 Å². The quantitative estimate of drug-likeness (QED) is 0.394. The molecule has 32 heavy (non-hydrogen) atoms. The second kappa shape index (κ2) is 7.68. The Bertz CT molecular complexity index is 1490. The summed E-state index contributed by atoms with van der Waals surface area (Å²) in [5, 5.41) is 26.5. The molecule has 3 aromatic carbocycles. The van der Waals surface area contributed by atoms with Crippen LogP contribution in [0.15, 0.2) is 78.9 Å². The van der Waals surface area contributed by atoms with Crippen LogP contribution in [0.25, 0.3) is 39.1 Å². The Morgan fingerprint density at radius 2 is 1.56 bits per heavy atom. The second-order valence-corrected chi connectivity index (χ2v) is 7.74. The van der Waals surface area contributed by atoms with Crippen molar-refractivity contribution in [1.29, 1.82) is 5.26 Å². The highest BCUT2D eigenvalue weighted by Gasteiger charge is 2.24. The minimum absolute atomic E-state index is 0.109. The number of nitrogens with zero attached hydrogens (tertiary/aromatic N) is 4. The molecule has 154 valence electrons. The van der Waals surface area contributed by atoms with E-state index < -0.39 is 0 Å². The fourth-order valence-electron chi connectivity index (χ4n) is 4.05. The van der Waals surface area contributed by atoms with Crippen molar-refractivity contribution in [2.24, 2.45) is 0 Å². The Labute approximate surface area is 185 Å². The number of hydrogen-bond donors (Lipinski definition) is 1. The maximum absolute atomic E-state index is 10.7. The van der Waals surface area contributed by atoms with Crippen LogP contribution >= 0.6 is 0 Å². The number of aromatic hydroxyl groups is 1. The predicted octanol–water partition coefficient (Wildman–Crippen LogP) is 5.95. The molecule has 0 bridgehead atoms. The normalized spacial score (nSPS) is 10.9. The van der Waals surface area contributed by atoms with Crippen LogP contribution in [-0.4, -0.2) is 19.9 Å². The first-order valence-corrected chi connectivity index (χ1v) is 10.3. The first-order chi connectivity index (χ1) is 15.6. The molecule has 0 fully saturated rings. The first kappa shape index (κ1) is 19.5. The van der Waals surface area contributed by atoms with Gasteiger partial charge in [-0.05, 0) is 32.0 Å². The molecule has 5 nitrogen and oxygen atoms in total. The first-order valence-electron chi connectivity index (χ1n) is 10.3. The van der Waals surface area contributed by atoms with Gasteiger partial charge in [0.05, 0.1) is 28.0 Å². The number of para-hydroxylation sites is 2. The molecule has 2 heterocycles. The fraction of sp³-hybridized carbons (Fsp3) is 0.0741. The summed E-state index contributed by atoms with van der Waals surface area (Å²) in [6.45, 7) is 3.92. The lowest BCUT2D eigenvalue weighted by Gasteiger charge is -2.14. The van der Waals surface area contributed by atoms with Gasteiger partial charge in [-0.2, -0.15) is 10.4 Å². The van der Waals surface area contributed by atoms with Gasteiger partial charge in [-0.15, -0.1) is 0 Å². The van der Waals surface area contributed by atoms with E-state index >= 15 is 0 Å². The van der Waals surface area contributed by atoms with Crippen molar-refractivity contribution in [2.45, 2.75) is 13.8 Å². The molecule has 0 unspecified atom stereocenters. The molecule has 5 heteroatoms. The molecule has 0 atom stereocenters. The molecule has 0 aliphatic rings. The van der Waals surface area contributed by atoms with Crippen molar-refractivity contribution in [3.8, 4) is 39.9 Å². The topological polar surface area (TPSA) is 74.7 Å². The monoisotopic (exact) mass is 416 g/mol. The van der Waals surface area contributed by atoms with E-state index in [9.17, 15) is 10.4 Å². The number of fused-ring (bicyclic) bond motifs is 1. The van der Waals surface area contributed by atoms with Crippen LogP contribution in [0.2, 0.25) is 0 Å². The molecule has 5 rings (SSSR count). The summed E-state index contributed by atoms with van der Waals surface area (Å²) in [5.41, 5.74) is 6.42. The van der Waals surface area contributed by atoms with Crippen LogP contribution in [0.3, 0.4) is 0 Å². The van der Waals surface area contributed by atoms with Crippen molar-refractivity contribution in [2.75, 3.05) is 0 Å². The average molecular weight is 416 g/mol. The predicted molar refractivity (Wildman–Crippen MR) is 126 cm³/mol. The van der Waals surface area contributed by atoms with Gasteiger partial charge in [0.15, 0.2) is 5.65 Å². The number of hydrogen-bond acceptors (Lipinski definition) is 4. The summed E-state index contributed by atoms with van der Waals surface area (Å²) in [5.74, 6) is 0.109. The molecular formula is C27H20N4O. The lowest BCUT2D eigenvalue weighted by Crippen LogP contribution is -2.01. The van der Waals surface area contributed by atoms with E-state index in [4.69, 9.17) is 10.1 Å². The van der Waals surface area contributed by atoms with Crippen LogP contribution in [0.5, 0.6) is 5.75 Å². The van der Waals surface area contributed by atoms with Crippen molar-refractivity contribution < 1.29 is 5.11 Å². The summed E-state index contributed by atoms with van der Waals surface area (Å²) in [6.07, 6.45) is 0. The van der Waals surface area contributed by atoms with E-state index in [0.717, 1.165) is 27.9 Å². The highest BCUT2D eigenvalue weighted by Crippen LogP contribution is 2.41. The Kier molecular flexibility index (Phi) is 4.68. The number of benzene rings is 3. The zero-order valence-corrected chi connectivity index (χ0v) is 17.7.